The summed E-state index contributed by atoms with van der Waals surface area (Å²) in [6, 6.07) is 18.0. The van der Waals surface area contributed by atoms with Crippen LogP contribution in [0.2, 0.25) is 0 Å². The van der Waals surface area contributed by atoms with E-state index in [1.54, 1.807) is 4.90 Å². The van der Waals surface area contributed by atoms with Crippen molar-refractivity contribution in [2.45, 2.75) is 109 Å². The van der Waals surface area contributed by atoms with Gasteiger partial charge in [0.15, 0.2) is 0 Å². The van der Waals surface area contributed by atoms with E-state index >= 15 is 0 Å². The molecule has 264 valence electrons. The maximum atomic E-state index is 13.5. The van der Waals surface area contributed by atoms with Gasteiger partial charge in [0.2, 0.25) is 6.29 Å². The summed E-state index contributed by atoms with van der Waals surface area (Å²) in [6.07, 6.45) is 7.13. The maximum absolute atomic E-state index is 13.5. The minimum Gasteiger partial charge on any atom is -0.445 e. The number of anilines is 1. The average Bonchev–Trinajstić information content (AvgIpc) is 3.52. The molecule has 11 nitrogen and oxygen atoms in total. The third-order valence-electron chi connectivity index (χ3n) is 10.5. The van der Waals surface area contributed by atoms with E-state index in [9.17, 15) is 19.2 Å². The number of ether oxygens (including phenoxy) is 4. The van der Waals surface area contributed by atoms with Gasteiger partial charge in [-0.25, -0.2) is 14.4 Å². The summed E-state index contributed by atoms with van der Waals surface area (Å²) in [7, 11) is 0. The third-order valence-corrected chi connectivity index (χ3v) is 10.5. The molecule has 11 heteroatoms. The van der Waals surface area contributed by atoms with Gasteiger partial charge in [0.25, 0.3) is 0 Å². The molecule has 4 aliphatic rings. The Morgan fingerprint density at radius 2 is 1.47 bits per heavy atom. The summed E-state index contributed by atoms with van der Waals surface area (Å²) in [5, 5.41) is 0. The molecule has 0 aromatic heterocycles. The quantitative estimate of drug-likeness (QED) is 0.154. The molecule has 2 aromatic carbocycles. The number of likely N-dealkylation sites (tertiary alicyclic amines) is 1. The van der Waals surface area contributed by atoms with Gasteiger partial charge >= 0.3 is 24.2 Å². The summed E-state index contributed by atoms with van der Waals surface area (Å²) in [5.74, 6) is -0.311. The van der Waals surface area contributed by atoms with E-state index in [1.807, 2.05) is 52.3 Å². The molecule has 0 bridgehead atoms. The van der Waals surface area contributed by atoms with Crippen LogP contribution in [0, 0.1) is 5.92 Å². The van der Waals surface area contributed by atoms with E-state index in [-0.39, 0.29) is 42.8 Å². The Kier molecular flexibility index (Phi) is 11.6. The number of carbonyl (C=O) groups is 4. The van der Waals surface area contributed by atoms with E-state index in [4.69, 9.17) is 18.9 Å². The number of amides is 3. The van der Waals surface area contributed by atoms with E-state index < -0.39 is 12.4 Å². The Morgan fingerprint density at radius 1 is 0.776 bits per heavy atom. The molecule has 2 aromatic rings. The number of carbonyl (C=O) groups excluding carboxylic acids is 4. The minimum absolute atomic E-state index is 0.000370. The van der Waals surface area contributed by atoms with Crippen molar-refractivity contribution in [3.63, 3.8) is 0 Å². The lowest BCUT2D eigenvalue weighted by atomic mass is 9.85. The minimum atomic E-state index is -1.01. The molecule has 0 spiro atoms. The van der Waals surface area contributed by atoms with E-state index in [1.165, 1.54) is 12.5 Å². The molecule has 49 heavy (non-hydrogen) atoms. The van der Waals surface area contributed by atoms with Gasteiger partial charge < -0.3 is 28.7 Å². The average molecular weight is 676 g/mol. The summed E-state index contributed by atoms with van der Waals surface area (Å²) >= 11 is 0. The van der Waals surface area contributed by atoms with Crippen LogP contribution in [-0.2, 0) is 30.3 Å². The van der Waals surface area contributed by atoms with Crippen LogP contribution in [0.4, 0.5) is 20.1 Å². The number of rotatable bonds is 9. The zero-order valence-electron chi connectivity index (χ0n) is 28.5. The highest BCUT2D eigenvalue weighted by Gasteiger charge is 2.38. The second kappa shape index (κ2) is 16.4. The maximum Gasteiger partial charge on any atom is 0.511 e. The number of hydrogen-bond donors (Lipinski definition) is 0. The number of benzene rings is 2. The van der Waals surface area contributed by atoms with Crippen molar-refractivity contribution in [3.05, 3.63) is 65.7 Å². The first kappa shape index (κ1) is 34.6. The number of piperidine rings is 1. The fourth-order valence-corrected chi connectivity index (χ4v) is 7.65. The van der Waals surface area contributed by atoms with Crippen molar-refractivity contribution in [2.75, 3.05) is 31.1 Å². The first-order valence-electron chi connectivity index (χ1n) is 18.1. The molecule has 2 heterocycles. The van der Waals surface area contributed by atoms with Crippen molar-refractivity contribution in [2.24, 2.45) is 5.92 Å². The number of hydrogen-bond acceptors (Lipinski definition) is 8. The summed E-state index contributed by atoms with van der Waals surface area (Å²) in [4.78, 5) is 56.5. The molecule has 0 radical (unpaired) electrons. The lowest BCUT2D eigenvalue weighted by Crippen LogP contribution is -2.42. The van der Waals surface area contributed by atoms with Crippen LogP contribution in [-0.4, -0.2) is 78.7 Å². The lowest BCUT2D eigenvalue weighted by molar-refractivity contribution is -0.175. The molecule has 2 aliphatic carbocycles. The van der Waals surface area contributed by atoms with Gasteiger partial charge in [-0.15, -0.1) is 0 Å². The zero-order valence-corrected chi connectivity index (χ0v) is 28.5. The fourth-order valence-electron chi connectivity index (χ4n) is 7.65. The fraction of sp³-hybridized carbons (Fsp3) is 0.579. The van der Waals surface area contributed by atoms with Crippen molar-refractivity contribution in [1.29, 1.82) is 0 Å². The van der Waals surface area contributed by atoms with Gasteiger partial charge in [-0.1, -0.05) is 48.9 Å². The van der Waals surface area contributed by atoms with Gasteiger partial charge in [-0.2, -0.15) is 0 Å². The van der Waals surface area contributed by atoms with Crippen LogP contribution >= 0.6 is 0 Å². The van der Waals surface area contributed by atoms with E-state index in [2.05, 4.69) is 12.1 Å². The van der Waals surface area contributed by atoms with Gasteiger partial charge in [0.1, 0.15) is 12.7 Å². The van der Waals surface area contributed by atoms with Crippen molar-refractivity contribution < 1.29 is 38.1 Å². The first-order valence-corrected chi connectivity index (χ1v) is 18.1. The smallest absolute Gasteiger partial charge is 0.445 e. The number of esters is 1. The molecule has 3 amide bonds. The second-order valence-electron chi connectivity index (χ2n) is 13.8. The topological polar surface area (TPSA) is 115 Å². The van der Waals surface area contributed by atoms with E-state index in [0.29, 0.717) is 44.9 Å². The summed E-state index contributed by atoms with van der Waals surface area (Å²) in [5.41, 5.74) is 3.07. The third kappa shape index (κ3) is 9.05. The SMILES string of the molecule is CC(OC(=O)OC1CCCCC1)OC(=O)[C@H]1CC[C@H](N2CCN(c3ccc(C4CCN(C(=O)OCc5ccccc5)CC4)cc3)C2=O)CC1. The highest BCUT2D eigenvalue weighted by Crippen LogP contribution is 2.34. The Labute approximate surface area is 288 Å². The summed E-state index contributed by atoms with van der Waals surface area (Å²) < 4.78 is 21.5. The Balaban J connectivity index is 0.906. The molecule has 1 atom stereocenters. The summed E-state index contributed by atoms with van der Waals surface area (Å²) in [6.45, 7) is 4.39. The van der Waals surface area contributed by atoms with Crippen molar-refractivity contribution in [1.82, 2.24) is 9.80 Å². The highest BCUT2D eigenvalue weighted by molar-refractivity contribution is 5.94. The first-order chi connectivity index (χ1) is 23.8. The predicted molar refractivity (Wildman–Crippen MR) is 182 cm³/mol. The van der Waals surface area contributed by atoms with Crippen LogP contribution in [0.3, 0.4) is 0 Å². The monoisotopic (exact) mass is 675 g/mol. The molecular formula is C38H49N3O8. The Morgan fingerprint density at radius 3 is 2.16 bits per heavy atom. The molecule has 2 saturated carbocycles. The van der Waals surface area contributed by atoms with Crippen molar-refractivity contribution >= 4 is 29.9 Å². The van der Waals surface area contributed by atoms with Crippen LogP contribution in [0.25, 0.3) is 0 Å². The van der Waals surface area contributed by atoms with Crippen LogP contribution < -0.4 is 4.90 Å². The normalized spacial score (nSPS) is 22.8. The predicted octanol–water partition coefficient (Wildman–Crippen LogP) is 7.38. The van der Waals surface area contributed by atoms with Gasteiger partial charge in [0, 0.05) is 44.8 Å². The number of nitrogens with zero attached hydrogens (tertiary/aromatic N) is 3. The molecule has 2 aliphatic heterocycles. The molecule has 0 N–H and O–H groups in total. The standard InChI is InChI=1S/C38H49N3O8/c1-27(48-38(45)49-34-10-6-3-7-11-34)47-35(42)31-14-18-33(19-15-31)41-25-24-40(36(41)43)32-16-12-29(13-17-32)30-20-22-39(23-21-30)37(44)46-26-28-8-4-2-5-9-28/h2,4-5,8-9,12-13,16-17,27,30-31,33-34H,3,6-7,10-11,14-15,18-26H2,1H3/t27?,31-,33-. The Bertz CT molecular complexity index is 1410. The molecule has 4 fully saturated rings. The van der Waals surface area contributed by atoms with E-state index in [0.717, 1.165) is 69.0 Å². The van der Waals surface area contributed by atoms with Crippen LogP contribution in [0.15, 0.2) is 54.6 Å². The molecule has 6 rings (SSSR count). The van der Waals surface area contributed by atoms with Gasteiger partial charge in [-0.05, 0) is 93.4 Å². The molecule has 2 saturated heterocycles. The van der Waals surface area contributed by atoms with Crippen LogP contribution in [0.1, 0.15) is 94.6 Å². The van der Waals surface area contributed by atoms with Crippen molar-refractivity contribution in [3.8, 4) is 0 Å². The Hall–Kier alpha value is -4.28. The lowest BCUT2D eigenvalue weighted by Gasteiger charge is -2.34. The molecule has 1 unspecified atom stereocenters. The van der Waals surface area contributed by atoms with Gasteiger partial charge in [0.05, 0.1) is 5.92 Å². The van der Waals surface area contributed by atoms with Gasteiger partial charge in [-0.3, -0.25) is 9.69 Å². The molecular weight excluding hydrogens is 626 g/mol. The second-order valence-corrected chi connectivity index (χ2v) is 13.8. The highest BCUT2D eigenvalue weighted by atomic mass is 16.8. The number of urea groups is 1. The zero-order chi connectivity index (χ0) is 34.2. The van der Waals surface area contributed by atoms with Crippen LogP contribution in [0.5, 0.6) is 0 Å². The largest absolute Gasteiger partial charge is 0.511 e.